The normalized spacial score (nSPS) is 12.0. The smallest absolute Gasteiger partial charge is 0.245 e. The Morgan fingerprint density at radius 1 is 1.17 bits per heavy atom. The highest BCUT2D eigenvalue weighted by Crippen LogP contribution is 2.39. The summed E-state index contributed by atoms with van der Waals surface area (Å²) in [7, 11) is 4.47. The number of methoxy groups -OCH3 is 3. The van der Waals surface area contributed by atoms with Crippen LogP contribution in [0.5, 0.6) is 17.2 Å². The lowest BCUT2D eigenvalue weighted by Gasteiger charge is -2.16. The number of ether oxygens (including phenoxy) is 3. The number of benzene rings is 1. The zero-order valence-corrected chi connectivity index (χ0v) is 13.6. The number of rotatable bonds is 7. The third-order valence-corrected chi connectivity index (χ3v) is 2.99. The summed E-state index contributed by atoms with van der Waals surface area (Å²) in [6, 6.07) is 4.46. The van der Waals surface area contributed by atoms with Crippen LogP contribution < -0.4 is 19.5 Å². The third-order valence-electron chi connectivity index (χ3n) is 2.99. The number of carbonyl (C=O) groups excluding carboxylic acids is 1. The molecule has 0 spiro atoms. The number of allylic oxidation sites excluding steroid dienone is 3. The molecule has 1 N–H and O–H groups in total. The molecule has 1 rings (SSSR count). The third kappa shape index (κ3) is 4.78. The van der Waals surface area contributed by atoms with E-state index in [1.807, 2.05) is 13.0 Å². The van der Waals surface area contributed by atoms with Crippen LogP contribution in [-0.4, -0.2) is 27.2 Å². The molecule has 0 bridgehead atoms. The van der Waals surface area contributed by atoms with Crippen LogP contribution in [0.1, 0.15) is 18.5 Å². The molecule has 1 atom stereocenters. The Morgan fingerprint density at radius 2 is 1.78 bits per heavy atom. The summed E-state index contributed by atoms with van der Waals surface area (Å²) >= 11 is 0. The first kappa shape index (κ1) is 18.1. The van der Waals surface area contributed by atoms with E-state index in [9.17, 15) is 10.1 Å². The molecule has 0 fully saturated rings. The monoisotopic (exact) mass is 316 g/mol. The van der Waals surface area contributed by atoms with Crippen LogP contribution in [0, 0.1) is 11.3 Å². The number of nitrogens with one attached hydrogen (secondary N) is 1. The zero-order chi connectivity index (χ0) is 17.2. The lowest BCUT2D eigenvalue weighted by molar-refractivity contribution is -0.116. The van der Waals surface area contributed by atoms with E-state index in [1.165, 1.54) is 27.4 Å². The van der Waals surface area contributed by atoms with Gasteiger partial charge in [0.25, 0.3) is 0 Å². The Labute approximate surface area is 136 Å². The van der Waals surface area contributed by atoms with Gasteiger partial charge in [0, 0.05) is 6.08 Å². The maximum Gasteiger partial charge on any atom is 0.245 e. The second kappa shape index (κ2) is 9.15. The van der Waals surface area contributed by atoms with E-state index in [2.05, 4.69) is 5.32 Å². The van der Waals surface area contributed by atoms with E-state index in [4.69, 9.17) is 14.2 Å². The standard InChI is InChI=1S/C17H20N2O4/c1-5-6-7-8-16(20)19-13(11-18)12-9-14(21-2)17(23-4)15(10-12)22-3/h5-10,13H,1-4H3,(H,19,20)/b6-5+,8-7+/t13-/m0/s1. The number of hydrogen-bond acceptors (Lipinski definition) is 5. The van der Waals surface area contributed by atoms with Crippen molar-refractivity contribution in [2.24, 2.45) is 0 Å². The molecular weight excluding hydrogens is 296 g/mol. The minimum absolute atomic E-state index is 0.372. The molecule has 122 valence electrons. The van der Waals surface area contributed by atoms with Crippen molar-refractivity contribution < 1.29 is 19.0 Å². The second-order valence-electron chi connectivity index (χ2n) is 4.41. The van der Waals surface area contributed by atoms with Crippen LogP contribution >= 0.6 is 0 Å². The highest BCUT2D eigenvalue weighted by atomic mass is 16.5. The predicted molar refractivity (Wildman–Crippen MR) is 86.5 cm³/mol. The Bertz CT molecular complexity index is 619. The fraction of sp³-hybridized carbons (Fsp3) is 0.294. The van der Waals surface area contributed by atoms with Crippen LogP contribution in [0.4, 0.5) is 0 Å². The average Bonchev–Trinajstić information content (AvgIpc) is 2.58. The zero-order valence-electron chi connectivity index (χ0n) is 13.6. The molecule has 23 heavy (non-hydrogen) atoms. The number of nitrogens with zero attached hydrogens (tertiary/aromatic N) is 1. The number of carbonyl (C=O) groups is 1. The first-order valence-corrected chi connectivity index (χ1v) is 6.90. The molecule has 0 aliphatic rings. The fourth-order valence-electron chi connectivity index (χ4n) is 1.90. The SMILES string of the molecule is C/C=C/C=C/C(=O)N[C@@H](C#N)c1cc(OC)c(OC)c(OC)c1. The molecule has 1 amide bonds. The summed E-state index contributed by atoms with van der Waals surface area (Å²) in [5, 5.41) is 11.9. The lowest BCUT2D eigenvalue weighted by atomic mass is 10.1. The van der Waals surface area contributed by atoms with Gasteiger partial charge in [-0.1, -0.05) is 18.2 Å². The summed E-state index contributed by atoms with van der Waals surface area (Å²) in [4.78, 5) is 11.8. The van der Waals surface area contributed by atoms with E-state index < -0.39 is 6.04 Å². The first-order valence-electron chi connectivity index (χ1n) is 6.90. The molecule has 1 aromatic carbocycles. The van der Waals surface area contributed by atoms with E-state index in [0.717, 1.165) is 0 Å². The Hall–Kier alpha value is -2.94. The van der Waals surface area contributed by atoms with Gasteiger partial charge in [-0.2, -0.15) is 5.26 Å². The van der Waals surface area contributed by atoms with Gasteiger partial charge in [-0.05, 0) is 24.6 Å². The van der Waals surface area contributed by atoms with Gasteiger partial charge >= 0.3 is 0 Å². The Balaban J connectivity index is 3.11. The molecule has 6 heteroatoms. The van der Waals surface area contributed by atoms with Crippen molar-refractivity contribution in [1.29, 1.82) is 5.26 Å². The molecule has 0 aliphatic carbocycles. The van der Waals surface area contributed by atoms with Gasteiger partial charge in [-0.15, -0.1) is 0 Å². The molecule has 0 saturated heterocycles. The molecular formula is C17H20N2O4. The minimum Gasteiger partial charge on any atom is -0.493 e. The van der Waals surface area contributed by atoms with Crippen molar-refractivity contribution in [2.75, 3.05) is 21.3 Å². The molecule has 0 radical (unpaired) electrons. The lowest BCUT2D eigenvalue weighted by Crippen LogP contribution is -2.25. The summed E-state index contributed by atoms with van der Waals surface area (Å²) in [6.07, 6.45) is 6.46. The first-order chi connectivity index (χ1) is 11.1. The molecule has 0 aromatic heterocycles. The van der Waals surface area contributed by atoms with E-state index in [-0.39, 0.29) is 5.91 Å². The van der Waals surface area contributed by atoms with Gasteiger partial charge in [0.05, 0.1) is 27.4 Å². The van der Waals surface area contributed by atoms with Crippen molar-refractivity contribution in [3.63, 3.8) is 0 Å². The largest absolute Gasteiger partial charge is 0.493 e. The topological polar surface area (TPSA) is 80.6 Å². The van der Waals surface area contributed by atoms with Crippen molar-refractivity contribution in [1.82, 2.24) is 5.32 Å². The summed E-state index contributed by atoms with van der Waals surface area (Å²) in [5.74, 6) is 0.889. The van der Waals surface area contributed by atoms with Gasteiger partial charge in [0.2, 0.25) is 11.7 Å². The highest BCUT2D eigenvalue weighted by Gasteiger charge is 2.19. The summed E-state index contributed by atoms with van der Waals surface area (Å²) < 4.78 is 15.7. The van der Waals surface area contributed by atoms with Gasteiger partial charge in [0.15, 0.2) is 11.5 Å². The van der Waals surface area contributed by atoms with Gasteiger partial charge < -0.3 is 19.5 Å². The maximum absolute atomic E-state index is 11.8. The molecule has 0 unspecified atom stereocenters. The molecule has 0 saturated carbocycles. The minimum atomic E-state index is -0.841. The fourth-order valence-corrected chi connectivity index (χ4v) is 1.90. The van der Waals surface area contributed by atoms with E-state index in [1.54, 1.807) is 30.4 Å². The van der Waals surface area contributed by atoms with E-state index in [0.29, 0.717) is 22.8 Å². The van der Waals surface area contributed by atoms with Gasteiger partial charge in [-0.3, -0.25) is 4.79 Å². The van der Waals surface area contributed by atoms with Crippen molar-refractivity contribution in [3.8, 4) is 23.3 Å². The Kier molecular flexibility index (Phi) is 7.21. The van der Waals surface area contributed by atoms with Crippen molar-refractivity contribution in [3.05, 3.63) is 42.0 Å². The average molecular weight is 316 g/mol. The van der Waals surface area contributed by atoms with Crippen LogP contribution in [0.25, 0.3) is 0 Å². The predicted octanol–water partition coefficient (Wildman–Crippen LogP) is 2.53. The van der Waals surface area contributed by atoms with Gasteiger partial charge in [-0.25, -0.2) is 0 Å². The molecule has 0 heterocycles. The molecule has 0 aliphatic heterocycles. The number of nitriles is 1. The van der Waals surface area contributed by atoms with Crippen LogP contribution in [0.2, 0.25) is 0 Å². The number of hydrogen-bond donors (Lipinski definition) is 1. The van der Waals surface area contributed by atoms with Crippen molar-refractivity contribution >= 4 is 5.91 Å². The highest BCUT2D eigenvalue weighted by molar-refractivity contribution is 5.88. The van der Waals surface area contributed by atoms with Gasteiger partial charge in [0.1, 0.15) is 6.04 Å². The van der Waals surface area contributed by atoms with Crippen LogP contribution in [-0.2, 0) is 4.79 Å². The van der Waals surface area contributed by atoms with E-state index >= 15 is 0 Å². The van der Waals surface area contributed by atoms with Crippen LogP contribution in [0.15, 0.2) is 36.4 Å². The summed E-state index contributed by atoms with van der Waals surface area (Å²) in [6.45, 7) is 1.84. The van der Waals surface area contributed by atoms with Crippen LogP contribution in [0.3, 0.4) is 0 Å². The quantitative estimate of drug-likeness (QED) is 0.617. The number of amides is 1. The summed E-state index contributed by atoms with van der Waals surface area (Å²) in [5.41, 5.74) is 0.537. The Morgan fingerprint density at radius 3 is 2.22 bits per heavy atom. The second-order valence-corrected chi connectivity index (χ2v) is 4.41. The van der Waals surface area contributed by atoms with Crippen molar-refractivity contribution in [2.45, 2.75) is 13.0 Å². The molecule has 1 aromatic rings. The maximum atomic E-state index is 11.8. The molecule has 6 nitrogen and oxygen atoms in total.